The molecule has 6 heteroatoms. The Morgan fingerprint density at radius 1 is 1.69 bits per heavy atom. The predicted molar refractivity (Wildman–Crippen MR) is 65.4 cm³/mol. The van der Waals surface area contributed by atoms with Crippen LogP contribution in [0.25, 0.3) is 0 Å². The van der Waals surface area contributed by atoms with Crippen LogP contribution >= 0.6 is 11.9 Å². The standard InChI is InChI=1S/C10H17N3O2S/c1-4-5-6-16-13(3)10(14)11-9-7-8(2)15-12-9/h7H,4-6H2,1-3H3,(H,11,12,14). The molecule has 0 fully saturated rings. The Labute approximate surface area is 99.7 Å². The molecule has 16 heavy (non-hydrogen) atoms. The van der Waals surface area contributed by atoms with Crippen molar-refractivity contribution in [2.24, 2.45) is 0 Å². The minimum absolute atomic E-state index is 0.186. The topological polar surface area (TPSA) is 58.4 Å². The van der Waals surface area contributed by atoms with E-state index < -0.39 is 0 Å². The molecule has 1 N–H and O–H groups in total. The lowest BCUT2D eigenvalue weighted by molar-refractivity contribution is 0.242. The van der Waals surface area contributed by atoms with Crippen molar-refractivity contribution in [1.82, 2.24) is 9.46 Å². The third-order valence-corrected chi connectivity index (χ3v) is 2.96. The molecule has 0 saturated heterocycles. The van der Waals surface area contributed by atoms with Gasteiger partial charge in [0.05, 0.1) is 0 Å². The summed E-state index contributed by atoms with van der Waals surface area (Å²) in [6, 6.07) is 1.50. The Morgan fingerprint density at radius 2 is 2.44 bits per heavy atom. The molecule has 90 valence electrons. The Morgan fingerprint density at radius 3 is 3.00 bits per heavy atom. The first-order valence-electron chi connectivity index (χ1n) is 5.24. The molecule has 1 aromatic heterocycles. The normalized spacial score (nSPS) is 10.2. The predicted octanol–water partition coefficient (Wildman–Crippen LogP) is 2.90. The fourth-order valence-corrected chi connectivity index (χ4v) is 1.87. The lowest BCUT2D eigenvalue weighted by Gasteiger charge is -2.14. The number of hydrogen-bond donors (Lipinski definition) is 1. The average molecular weight is 243 g/mol. The zero-order valence-electron chi connectivity index (χ0n) is 9.82. The van der Waals surface area contributed by atoms with Gasteiger partial charge in [-0.2, -0.15) is 0 Å². The Balaban J connectivity index is 2.34. The maximum Gasteiger partial charge on any atom is 0.332 e. The Hall–Kier alpha value is -1.17. The van der Waals surface area contributed by atoms with Crippen molar-refractivity contribution in [2.45, 2.75) is 26.7 Å². The number of hydrogen-bond acceptors (Lipinski definition) is 4. The molecule has 0 aliphatic rings. The molecule has 1 heterocycles. The van der Waals surface area contributed by atoms with E-state index in [1.165, 1.54) is 11.9 Å². The SMILES string of the molecule is CCCCSN(C)C(=O)Nc1cc(C)on1. The lowest BCUT2D eigenvalue weighted by Crippen LogP contribution is -2.26. The van der Waals surface area contributed by atoms with Crippen LogP contribution in [0.4, 0.5) is 10.6 Å². The first kappa shape index (κ1) is 12.9. The smallest absolute Gasteiger partial charge is 0.332 e. The molecule has 1 rings (SSSR count). The summed E-state index contributed by atoms with van der Waals surface area (Å²) >= 11 is 1.50. The van der Waals surface area contributed by atoms with Crippen LogP contribution in [-0.2, 0) is 0 Å². The first-order valence-corrected chi connectivity index (χ1v) is 6.18. The fraction of sp³-hybridized carbons (Fsp3) is 0.600. The molecule has 0 aromatic carbocycles. The maximum absolute atomic E-state index is 11.6. The van der Waals surface area contributed by atoms with Crippen molar-refractivity contribution < 1.29 is 9.32 Å². The number of aromatic nitrogens is 1. The number of rotatable bonds is 5. The van der Waals surface area contributed by atoms with Crippen molar-refractivity contribution in [3.05, 3.63) is 11.8 Å². The number of unbranched alkanes of at least 4 members (excludes halogenated alkanes) is 1. The Kier molecular flexibility index (Phi) is 5.18. The third-order valence-electron chi connectivity index (χ3n) is 1.93. The number of carbonyl (C=O) groups is 1. The van der Waals surface area contributed by atoms with Gasteiger partial charge in [-0.05, 0) is 25.3 Å². The van der Waals surface area contributed by atoms with Crippen molar-refractivity contribution >= 4 is 23.8 Å². The average Bonchev–Trinajstić information content (AvgIpc) is 2.64. The van der Waals surface area contributed by atoms with E-state index in [2.05, 4.69) is 17.4 Å². The van der Waals surface area contributed by atoms with Crippen molar-refractivity contribution in [3.8, 4) is 0 Å². The lowest BCUT2D eigenvalue weighted by atomic mass is 10.4. The third kappa shape index (κ3) is 4.14. The quantitative estimate of drug-likeness (QED) is 0.638. The minimum Gasteiger partial charge on any atom is -0.360 e. The zero-order chi connectivity index (χ0) is 12.0. The van der Waals surface area contributed by atoms with Gasteiger partial charge < -0.3 is 4.52 Å². The summed E-state index contributed by atoms with van der Waals surface area (Å²) in [4.78, 5) is 11.6. The van der Waals surface area contributed by atoms with E-state index >= 15 is 0 Å². The highest BCUT2D eigenvalue weighted by Crippen LogP contribution is 2.13. The molecule has 0 unspecified atom stereocenters. The van der Waals surface area contributed by atoms with E-state index in [4.69, 9.17) is 4.52 Å². The number of carbonyl (C=O) groups excluding carboxylic acids is 1. The summed E-state index contributed by atoms with van der Waals surface area (Å²) in [5.74, 6) is 2.07. The molecule has 0 atom stereocenters. The van der Waals surface area contributed by atoms with Gasteiger partial charge in [0, 0.05) is 18.9 Å². The zero-order valence-corrected chi connectivity index (χ0v) is 10.6. The van der Waals surface area contributed by atoms with Crippen LogP contribution in [0.1, 0.15) is 25.5 Å². The summed E-state index contributed by atoms with van der Waals surface area (Å²) in [6.07, 6.45) is 2.23. The number of urea groups is 1. The molecule has 0 radical (unpaired) electrons. The number of anilines is 1. The highest BCUT2D eigenvalue weighted by Gasteiger charge is 2.11. The molecule has 2 amide bonds. The summed E-state index contributed by atoms with van der Waals surface area (Å²) in [7, 11) is 1.74. The second kappa shape index (κ2) is 6.42. The van der Waals surface area contributed by atoms with Gasteiger partial charge in [-0.1, -0.05) is 18.5 Å². The molecule has 5 nitrogen and oxygen atoms in total. The number of amides is 2. The van der Waals surface area contributed by atoms with Crippen molar-refractivity contribution in [1.29, 1.82) is 0 Å². The van der Waals surface area contributed by atoms with Gasteiger partial charge in [-0.25, -0.2) is 4.79 Å². The van der Waals surface area contributed by atoms with Crippen LogP contribution in [0.3, 0.4) is 0 Å². The van der Waals surface area contributed by atoms with Crippen LogP contribution in [0, 0.1) is 6.92 Å². The Bertz CT molecular complexity index is 341. The summed E-state index contributed by atoms with van der Waals surface area (Å²) in [5, 5.41) is 6.34. The van der Waals surface area contributed by atoms with Gasteiger partial charge in [0.15, 0.2) is 5.82 Å². The van der Waals surface area contributed by atoms with Crippen molar-refractivity contribution in [3.63, 3.8) is 0 Å². The van der Waals surface area contributed by atoms with Crippen LogP contribution in [0.15, 0.2) is 10.6 Å². The molecule has 0 bridgehead atoms. The first-order chi connectivity index (χ1) is 7.63. The summed E-state index contributed by atoms with van der Waals surface area (Å²) in [5.41, 5.74) is 0. The number of nitrogens with one attached hydrogen (secondary N) is 1. The van der Waals surface area contributed by atoms with Gasteiger partial charge in [0.25, 0.3) is 0 Å². The molecule has 0 aliphatic heterocycles. The molecular formula is C10H17N3O2S. The van der Waals surface area contributed by atoms with Crippen molar-refractivity contribution in [2.75, 3.05) is 18.1 Å². The van der Waals surface area contributed by atoms with E-state index in [-0.39, 0.29) is 6.03 Å². The maximum atomic E-state index is 11.6. The molecule has 0 aliphatic carbocycles. The second-order valence-corrected chi connectivity index (χ2v) is 4.65. The van der Waals surface area contributed by atoms with Gasteiger partial charge in [-0.15, -0.1) is 0 Å². The highest BCUT2D eigenvalue weighted by atomic mass is 32.2. The van der Waals surface area contributed by atoms with Gasteiger partial charge in [-0.3, -0.25) is 9.62 Å². The van der Waals surface area contributed by atoms with E-state index in [0.29, 0.717) is 11.6 Å². The molecule has 0 spiro atoms. The van der Waals surface area contributed by atoms with Gasteiger partial charge >= 0.3 is 6.03 Å². The monoisotopic (exact) mass is 243 g/mol. The summed E-state index contributed by atoms with van der Waals surface area (Å²) in [6.45, 7) is 3.90. The van der Waals surface area contributed by atoms with E-state index in [1.54, 1.807) is 24.3 Å². The van der Waals surface area contributed by atoms with E-state index in [1.807, 2.05) is 0 Å². The van der Waals surface area contributed by atoms with Gasteiger partial charge in [0.2, 0.25) is 0 Å². The van der Waals surface area contributed by atoms with Crippen LogP contribution in [0.5, 0.6) is 0 Å². The largest absolute Gasteiger partial charge is 0.360 e. The highest BCUT2D eigenvalue weighted by molar-refractivity contribution is 7.97. The number of aryl methyl sites for hydroxylation is 1. The van der Waals surface area contributed by atoms with E-state index in [9.17, 15) is 4.79 Å². The molecular weight excluding hydrogens is 226 g/mol. The van der Waals surface area contributed by atoms with Gasteiger partial charge in [0.1, 0.15) is 5.76 Å². The molecule has 1 aromatic rings. The van der Waals surface area contributed by atoms with E-state index in [0.717, 1.165) is 18.6 Å². The minimum atomic E-state index is -0.186. The fourth-order valence-electron chi connectivity index (χ4n) is 1.02. The number of nitrogens with zero attached hydrogens (tertiary/aromatic N) is 2. The summed E-state index contributed by atoms with van der Waals surface area (Å²) < 4.78 is 6.42. The van der Waals surface area contributed by atoms with Crippen LogP contribution < -0.4 is 5.32 Å². The van der Waals surface area contributed by atoms with Crippen LogP contribution in [0.2, 0.25) is 0 Å². The van der Waals surface area contributed by atoms with Crippen LogP contribution in [-0.4, -0.2) is 28.3 Å². The second-order valence-electron chi connectivity index (χ2n) is 3.44. The molecule has 0 saturated carbocycles.